The Balaban J connectivity index is 1.67. The number of nitrogens with zero attached hydrogens (tertiary/aromatic N) is 1. The summed E-state index contributed by atoms with van der Waals surface area (Å²) in [6.45, 7) is 4.61. The van der Waals surface area contributed by atoms with Crippen molar-refractivity contribution in [3.05, 3.63) is 75.7 Å². The van der Waals surface area contributed by atoms with Gasteiger partial charge >= 0.3 is 0 Å². The molecule has 2 heterocycles. The third kappa shape index (κ3) is 16.7. The van der Waals surface area contributed by atoms with E-state index in [1.807, 2.05) is 0 Å². The number of hydrogen-bond acceptors (Lipinski definition) is 16. The molecule has 8 amide bonds. The van der Waals surface area contributed by atoms with Gasteiger partial charge in [-0.3, -0.25) is 47.7 Å². The zero-order chi connectivity index (χ0) is 51.9. The highest BCUT2D eigenvalue weighted by Crippen LogP contribution is 2.25. The predicted molar refractivity (Wildman–Crippen MR) is 250 cm³/mol. The normalized spacial score (nSPS) is 21.1. The van der Waals surface area contributed by atoms with Gasteiger partial charge in [-0.15, -0.1) is 11.3 Å². The van der Waals surface area contributed by atoms with Crippen LogP contribution in [0.4, 0.5) is 0 Å². The SMILES string of the molecule is CCC[C@@H]1NC(=O)[C@@H](NC(=O)[C@H](C)NC(=O)CNC(=O)c2cc(O)ccc2O)CNC(=O)[C@@H](CS(=O)(=O)O)NC(=O)/C=C/c2csc(n2)[C@@H](Cc2ccc(O)cc2)NC(=O)C(=O)[C@H](C(C)CC)NC1=O. The van der Waals surface area contributed by atoms with Crippen LogP contribution in [0, 0.1) is 5.92 Å². The summed E-state index contributed by atoms with van der Waals surface area (Å²) >= 11 is 1.04. The average Bonchev–Trinajstić information content (AvgIpc) is 3.79. The number of phenols is 3. The minimum atomic E-state index is -4.96. The van der Waals surface area contributed by atoms with Crippen LogP contribution in [0.25, 0.3) is 6.08 Å². The standard InChI is InChI=1S/C44H55N9O15S2/c1-5-7-29-41(63)53-36(22(3)6-2)37(59)43(65)51-30(16-24-8-11-26(54)12-9-24)44-48-25(20-69-44)10-15-34(57)49-32(21-70(66,67)68)40(62)45-18-31(42(64)50-29)52-38(60)23(4)47-35(58)19-46-39(61)28-17-27(55)13-14-33(28)56/h8-15,17,20,22-23,29-32,36,54-56H,5-7,16,18-19,21H2,1-4H3,(H,45,62)(H,46,61)(H,47,58)(H,49,57)(H,50,64)(H,51,65)(H,52,60)(H,53,63)(H,66,67,68)/b15-10+/t22?,23-,29-,30+,31-,32+,36-/m0/s1. The van der Waals surface area contributed by atoms with Crippen LogP contribution in [0.15, 0.2) is 53.9 Å². The number of aromatic hydroxyl groups is 3. The molecular formula is C44H55N9O15S2. The maximum atomic E-state index is 14.1. The molecule has 0 radical (unpaired) electrons. The van der Waals surface area contributed by atoms with Gasteiger partial charge in [0.1, 0.15) is 52.2 Å². The number of benzene rings is 2. The number of rotatable bonds is 14. The van der Waals surface area contributed by atoms with Crippen molar-refractivity contribution in [2.24, 2.45) is 5.92 Å². The molecule has 0 aliphatic carbocycles. The Bertz CT molecular complexity index is 2590. The van der Waals surface area contributed by atoms with Gasteiger partial charge in [-0.2, -0.15) is 8.42 Å². The maximum absolute atomic E-state index is 14.1. The first kappa shape index (κ1) is 55.1. The third-order valence-corrected chi connectivity index (χ3v) is 12.4. The van der Waals surface area contributed by atoms with Gasteiger partial charge in [0.2, 0.25) is 41.2 Å². The average molecular weight is 1010 g/mol. The van der Waals surface area contributed by atoms with Crippen molar-refractivity contribution in [3.63, 3.8) is 0 Å². The molecule has 7 atom stereocenters. The van der Waals surface area contributed by atoms with Crippen LogP contribution >= 0.6 is 11.3 Å². The van der Waals surface area contributed by atoms with Gasteiger partial charge in [-0.1, -0.05) is 45.7 Å². The summed E-state index contributed by atoms with van der Waals surface area (Å²) < 4.78 is 33.7. The van der Waals surface area contributed by atoms with Crippen LogP contribution < -0.4 is 42.5 Å². The van der Waals surface area contributed by atoms with Gasteiger partial charge < -0.3 is 57.9 Å². The van der Waals surface area contributed by atoms with Crippen molar-refractivity contribution in [3.8, 4) is 17.2 Å². The summed E-state index contributed by atoms with van der Waals surface area (Å²) in [5.41, 5.74) is 0.409. The van der Waals surface area contributed by atoms with Crippen molar-refractivity contribution in [2.75, 3.05) is 18.8 Å². The van der Waals surface area contributed by atoms with Crippen molar-refractivity contribution < 1.29 is 71.4 Å². The van der Waals surface area contributed by atoms with E-state index in [1.54, 1.807) is 32.9 Å². The van der Waals surface area contributed by atoms with E-state index in [0.29, 0.717) is 12.0 Å². The molecule has 0 saturated heterocycles. The minimum absolute atomic E-state index is 0.0281. The van der Waals surface area contributed by atoms with Crippen molar-refractivity contribution >= 4 is 80.6 Å². The fourth-order valence-corrected chi connectivity index (χ4v) is 8.18. The molecule has 0 spiro atoms. The van der Waals surface area contributed by atoms with Crippen LogP contribution in [-0.4, -0.2) is 135 Å². The number of thiazole rings is 1. The Morgan fingerprint density at radius 2 is 1.53 bits per heavy atom. The molecule has 4 rings (SSSR count). The molecule has 1 aromatic heterocycles. The lowest BCUT2D eigenvalue weighted by atomic mass is 9.94. The molecule has 0 fully saturated rings. The Morgan fingerprint density at radius 1 is 0.843 bits per heavy atom. The first-order chi connectivity index (χ1) is 33.0. The largest absolute Gasteiger partial charge is 0.508 e. The molecule has 12 N–H and O–H groups in total. The van der Waals surface area contributed by atoms with E-state index in [0.717, 1.165) is 35.6 Å². The molecule has 24 nitrogen and oxygen atoms in total. The number of phenolic OH excluding ortho intramolecular Hbond substituents is 3. The number of carbonyl (C=O) groups is 9. The van der Waals surface area contributed by atoms with E-state index >= 15 is 0 Å². The number of Topliss-reactive ketones (excluding diaryl/α,β-unsaturated/α-hetero) is 1. The predicted octanol–water partition coefficient (Wildman–Crippen LogP) is -1.02. The van der Waals surface area contributed by atoms with Gasteiger partial charge in [0.05, 0.1) is 29.9 Å². The zero-order valence-electron chi connectivity index (χ0n) is 38.3. The summed E-state index contributed by atoms with van der Waals surface area (Å²) in [4.78, 5) is 126. The summed E-state index contributed by atoms with van der Waals surface area (Å²) in [7, 11) is -4.96. The highest BCUT2D eigenvalue weighted by Gasteiger charge is 2.36. The fourth-order valence-electron chi connectivity index (χ4n) is 6.69. The van der Waals surface area contributed by atoms with Gasteiger partial charge in [-0.05, 0) is 67.7 Å². The van der Waals surface area contributed by atoms with Crippen LogP contribution in [0.3, 0.4) is 0 Å². The lowest BCUT2D eigenvalue weighted by Gasteiger charge is -2.28. The van der Waals surface area contributed by atoms with E-state index in [4.69, 9.17) is 0 Å². The second-order valence-electron chi connectivity index (χ2n) is 16.2. The van der Waals surface area contributed by atoms with E-state index in [-0.39, 0.29) is 47.0 Å². The fraction of sp³-hybridized carbons (Fsp3) is 0.409. The summed E-state index contributed by atoms with van der Waals surface area (Å²) in [5, 5.41) is 50.2. The Kier molecular flexibility index (Phi) is 19.9. The first-order valence-corrected chi connectivity index (χ1v) is 24.3. The Hall–Kier alpha value is -7.45. The number of fused-ring (bicyclic) bond motifs is 2. The summed E-state index contributed by atoms with van der Waals surface area (Å²) in [5.74, 6) is -12.3. The zero-order valence-corrected chi connectivity index (χ0v) is 39.9. The number of ketones is 1. The smallest absolute Gasteiger partial charge is 0.290 e. The Morgan fingerprint density at radius 3 is 2.19 bits per heavy atom. The Labute approximate surface area is 405 Å². The third-order valence-electron chi connectivity index (χ3n) is 10.7. The molecule has 2 aromatic carbocycles. The van der Waals surface area contributed by atoms with Gasteiger partial charge in [-0.25, -0.2) is 4.98 Å². The highest BCUT2D eigenvalue weighted by atomic mass is 32.2. The van der Waals surface area contributed by atoms with Crippen molar-refractivity contribution in [2.45, 2.75) is 89.6 Å². The van der Waals surface area contributed by atoms with Gasteiger partial charge in [0.15, 0.2) is 0 Å². The number of nitrogens with one attached hydrogen (secondary N) is 8. The van der Waals surface area contributed by atoms with Gasteiger partial charge in [0, 0.05) is 18.0 Å². The molecule has 1 unspecified atom stereocenters. The molecule has 1 aliphatic heterocycles. The minimum Gasteiger partial charge on any atom is -0.508 e. The van der Waals surface area contributed by atoms with Crippen LogP contribution in [0.5, 0.6) is 17.2 Å². The van der Waals surface area contributed by atoms with E-state index < -0.39 is 130 Å². The molecule has 26 heteroatoms. The van der Waals surface area contributed by atoms with Crippen molar-refractivity contribution in [1.29, 1.82) is 0 Å². The monoisotopic (exact) mass is 1010 g/mol. The molecule has 378 valence electrons. The van der Waals surface area contributed by atoms with Crippen molar-refractivity contribution in [1.82, 2.24) is 47.5 Å². The van der Waals surface area contributed by atoms with Crippen LogP contribution in [-0.2, 0) is 54.9 Å². The summed E-state index contributed by atoms with van der Waals surface area (Å²) in [6.07, 6.45) is 2.65. The van der Waals surface area contributed by atoms with E-state index in [9.17, 15) is 71.4 Å². The molecule has 0 saturated carbocycles. The number of aromatic nitrogens is 1. The molecule has 70 heavy (non-hydrogen) atoms. The second kappa shape index (κ2) is 25.2. The highest BCUT2D eigenvalue weighted by molar-refractivity contribution is 7.85. The summed E-state index contributed by atoms with van der Waals surface area (Å²) in [6, 6.07) is 0.00555. The number of amides is 8. The lowest BCUT2D eigenvalue weighted by molar-refractivity contribution is -0.141. The topological polar surface area (TPSA) is 378 Å². The van der Waals surface area contributed by atoms with Crippen LogP contribution in [0.2, 0.25) is 0 Å². The van der Waals surface area contributed by atoms with Crippen LogP contribution in [0.1, 0.15) is 79.6 Å². The molecular weight excluding hydrogens is 959 g/mol. The lowest BCUT2D eigenvalue weighted by Crippen LogP contribution is -2.61. The quantitative estimate of drug-likeness (QED) is 0.0522. The second-order valence-corrected chi connectivity index (χ2v) is 18.6. The number of carbonyl (C=O) groups excluding carboxylic acids is 9. The van der Waals surface area contributed by atoms with Gasteiger partial charge in [0.25, 0.3) is 21.9 Å². The number of hydrogen-bond donors (Lipinski definition) is 12. The molecule has 1 aliphatic rings. The molecule has 2 bridgehead atoms. The molecule has 3 aromatic rings. The van der Waals surface area contributed by atoms with E-state index in [1.165, 1.54) is 30.5 Å². The maximum Gasteiger partial charge on any atom is 0.290 e. The first-order valence-electron chi connectivity index (χ1n) is 21.8. The van der Waals surface area contributed by atoms with E-state index in [2.05, 4.69) is 47.5 Å².